The molecule has 7 heteroatoms. The van der Waals surface area contributed by atoms with Crippen LogP contribution >= 0.6 is 0 Å². The van der Waals surface area contributed by atoms with Crippen LogP contribution in [-0.2, 0) is 13.1 Å². The number of aryl methyl sites for hydroxylation is 2. The highest BCUT2D eigenvalue weighted by Gasteiger charge is 2.05. The molecule has 0 saturated heterocycles. The number of nitrogens with zero attached hydrogens (tertiary/aromatic N) is 6. The summed E-state index contributed by atoms with van der Waals surface area (Å²) >= 11 is 0. The molecule has 2 aromatic heterocycles. The first-order chi connectivity index (χ1) is 10.3. The Balaban J connectivity index is 1.79. The van der Waals surface area contributed by atoms with E-state index in [-0.39, 0.29) is 0 Å². The molecule has 0 atom stereocenters. The molecule has 0 aliphatic carbocycles. The molecule has 21 heavy (non-hydrogen) atoms. The van der Waals surface area contributed by atoms with E-state index in [1.54, 1.807) is 11.0 Å². The Bertz CT molecular complexity index is 715. The van der Waals surface area contributed by atoms with Gasteiger partial charge in [-0.25, -0.2) is 4.68 Å². The average molecular weight is 283 g/mol. The minimum absolute atomic E-state index is 0.728. The molecule has 0 fully saturated rings. The number of nitrogens with one attached hydrogen (secondary N) is 1. The summed E-state index contributed by atoms with van der Waals surface area (Å²) in [5.41, 5.74) is 4.26. The number of hydrogen-bond donors (Lipinski definition) is 1. The Morgan fingerprint density at radius 1 is 1.24 bits per heavy atom. The van der Waals surface area contributed by atoms with Crippen molar-refractivity contribution in [1.82, 2.24) is 30.0 Å². The Hall–Kier alpha value is -2.70. The van der Waals surface area contributed by atoms with Gasteiger partial charge in [-0.2, -0.15) is 5.10 Å². The van der Waals surface area contributed by atoms with Crippen LogP contribution in [0.2, 0.25) is 0 Å². The summed E-state index contributed by atoms with van der Waals surface area (Å²) in [7, 11) is 0. The zero-order valence-electron chi connectivity index (χ0n) is 12.1. The van der Waals surface area contributed by atoms with Gasteiger partial charge in [-0.05, 0) is 48.0 Å². The molecule has 0 aliphatic rings. The molecule has 0 radical (unpaired) electrons. The van der Waals surface area contributed by atoms with Gasteiger partial charge in [0.25, 0.3) is 0 Å². The second-order valence-electron chi connectivity index (χ2n) is 4.75. The van der Waals surface area contributed by atoms with Gasteiger partial charge in [0.05, 0.1) is 17.9 Å². The first-order valence-corrected chi connectivity index (χ1v) is 6.86. The van der Waals surface area contributed by atoms with Crippen LogP contribution in [0.1, 0.15) is 18.2 Å². The topological polar surface area (TPSA) is 73.5 Å². The normalized spacial score (nSPS) is 10.8. The molecule has 7 nitrogen and oxygen atoms in total. The quantitative estimate of drug-likeness (QED) is 0.773. The maximum absolute atomic E-state index is 4.27. The summed E-state index contributed by atoms with van der Waals surface area (Å²) in [6.45, 7) is 5.71. The third-order valence-electron chi connectivity index (χ3n) is 3.38. The van der Waals surface area contributed by atoms with Gasteiger partial charge >= 0.3 is 0 Å². The molecule has 0 bridgehead atoms. The molecule has 1 aromatic carbocycles. The molecule has 0 saturated carbocycles. The van der Waals surface area contributed by atoms with E-state index in [2.05, 4.69) is 45.0 Å². The van der Waals surface area contributed by atoms with E-state index in [0.29, 0.717) is 0 Å². The fourth-order valence-electron chi connectivity index (χ4n) is 2.23. The van der Waals surface area contributed by atoms with E-state index >= 15 is 0 Å². The summed E-state index contributed by atoms with van der Waals surface area (Å²) in [6, 6.07) is 8.16. The van der Waals surface area contributed by atoms with E-state index in [0.717, 1.165) is 35.7 Å². The van der Waals surface area contributed by atoms with Crippen LogP contribution in [-0.4, -0.2) is 30.0 Å². The molecule has 3 rings (SSSR count). The lowest BCUT2D eigenvalue weighted by Gasteiger charge is -2.11. The highest BCUT2D eigenvalue weighted by Crippen LogP contribution is 2.18. The summed E-state index contributed by atoms with van der Waals surface area (Å²) in [5, 5.41) is 19.0. The van der Waals surface area contributed by atoms with Crippen molar-refractivity contribution in [3.63, 3.8) is 0 Å². The maximum Gasteiger partial charge on any atom is 0.143 e. The Morgan fingerprint density at radius 2 is 2.14 bits per heavy atom. The average Bonchev–Trinajstić information content (AvgIpc) is 3.17. The summed E-state index contributed by atoms with van der Waals surface area (Å²) < 4.78 is 3.64. The summed E-state index contributed by atoms with van der Waals surface area (Å²) in [6.07, 6.45) is 3.42. The number of aromatic nitrogens is 6. The van der Waals surface area contributed by atoms with E-state index in [9.17, 15) is 0 Å². The van der Waals surface area contributed by atoms with Crippen LogP contribution in [0.5, 0.6) is 0 Å². The van der Waals surface area contributed by atoms with Crippen LogP contribution in [0.4, 0.5) is 5.69 Å². The van der Waals surface area contributed by atoms with Gasteiger partial charge in [0.1, 0.15) is 6.33 Å². The Kier molecular flexibility index (Phi) is 3.63. The third-order valence-corrected chi connectivity index (χ3v) is 3.38. The van der Waals surface area contributed by atoms with E-state index in [4.69, 9.17) is 0 Å². The van der Waals surface area contributed by atoms with Crippen molar-refractivity contribution < 1.29 is 0 Å². The smallest absolute Gasteiger partial charge is 0.143 e. The minimum Gasteiger partial charge on any atom is -0.379 e. The van der Waals surface area contributed by atoms with Gasteiger partial charge < -0.3 is 5.32 Å². The predicted octanol–water partition coefficient (Wildman–Crippen LogP) is 1.80. The summed E-state index contributed by atoms with van der Waals surface area (Å²) in [5.74, 6) is 0. The van der Waals surface area contributed by atoms with Gasteiger partial charge in [-0.1, -0.05) is 6.07 Å². The van der Waals surface area contributed by atoms with E-state index in [1.807, 2.05) is 29.9 Å². The lowest BCUT2D eigenvalue weighted by Crippen LogP contribution is -2.08. The minimum atomic E-state index is 0.728. The third kappa shape index (κ3) is 2.76. The van der Waals surface area contributed by atoms with Gasteiger partial charge in [0.15, 0.2) is 0 Å². The highest BCUT2D eigenvalue weighted by molar-refractivity contribution is 5.54. The molecule has 1 N–H and O–H groups in total. The van der Waals surface area contributed by atoms with Crippen molar-refractivity contribution in [2.24, 2.45) is 0 Å². The van der Waals surface area contributed by atoms with Gasteiger partial charge in [-0.15, -0.1) is 5.10 Å². The standard InChI is InChI=1S/C14H17N7/c1-3-20-13(6-7-17-20)9-15-12-5-4-11(2)14(8-12)21-10-16-18-19-21/h4-8,10,15H,3,9H2,1-2H3. The Labute approximate surface area is 122 Å². The number of hydrogen-bond acceptors (Lipinski definition) is 5. The molecule has 2 heterocycles. The Morgan fingerprint density at radius 3 is 2.90 bits per heavy atom. The molecule has 0 spiro atoms. The van der Waals surface area contributed by atoms with Gasteiger partial charge in [-0.3, -0.25) is 4.68 Å². The van der Waals surface area contributed by atoms with Gasteiger partial charge in [0, 0.05) is 18.4 Å². The lowest BCUT2D eigenvalue weighted by atomic mass is 10.2. The van der Waals surface area contributed by atoms with Crippen LogP contribution < -0.4 is 5.32 Å². The van der Waals surface area contributed by atoms with Crippen molar-refractivity contribution >= 4 is 5.69 Å². The predicted molar refractivity (Wildman–Crippen MR) is 79.1 cm³/mol. The molecule has 0 amide bonds. The van der Waals surface area contributed by atoms with Crippen LogP contribution in [0, 0.1) is 6.92 Å². The maximum atomic E-state index is 4.27. The fraction of sp³-hybridized carbons (Fsp3) is 0.286. The SMILES string of the molecule is CCn1nccc1CNc1ccc(C)c(-n2cnnn2)c1. The second kappa shape index (κ2) is 5.74. The van der Waals surface area contributed by atoms with Crippen LogP contribution in [0.25, 0.3) is 5.69 Å². The van der Waals surface area contributed by atoms with Crippen molar-refractivity contribution in [1.29, 1.82) is 0 Å². The fourth-order valence-corrected chi connectivity index (χ4v) is 2.23. The highest BCUT2D eigenvalue weighted by atomic mass is 15.5. The van der Waals surface area contributed by atoms with Crippen LogP contribution in [0.3, 0.4) is 0 Å². The first kappa shape index (κ1) is 13.3. The number of benzene rings is 1. The van der Waals surface area contributed by atoms with Gasteiger partial charge in [0.2, 0.25) is 0 Å². The zero-order valence-corrected chi connectivity index (χ0v) is 12.1. The molecule has 0 unspecified atom stereocenters. The van der Waals surface area contributed by atoms with Crippen molar-refractivity contribution in [3.05, 3.63) is 48.0 Å². The lowest BCUT2D eigenvalue weighted by molar-refractivity contribution is 0.627. The van der Waals surface area contributed by atoms with Crippen molar-refractivity contribution in [2.75, 3.05) is 5.32 Å². The molecular weight excluding hydrogens is 266 g/mol. The number of tetrazole rings is 1. The zero-order chi connectivity index (χ0) is 14.7. The van der Waals surface area contributed by atoms with Crippen LogP contribution in [0.15, 0.2) is 36.8 Å². The van der Waals surface area contributed by atoms with E-state index < -0.39 is 0 Å². The molecular formula is C14H17N7. The van der Waals surface area contributed by atoms with Crippen molar-refractivity contribution in [2.45, 2.75) is 26.9 Å². The summed E-state index contributed by atoms with van der Waals surface area (Å²) in [4.78, 5) is 0. The van der Waals surface area contributed by atoms with Crippen molar-refractivity contribution in [3.8, 4) is 5.69 Å². The number of anilines is 1. The molecule has 0 aliphatic heterocycles. The molecule has 108 valence electrons. The molecule has 3 aromatic rings. The van der Waals surface area contributed by atoms with E-state index in [1.165, 1.54) is 0 Å². The second-order valence-corrected chi connectivity index (χ2v) is 4.75. The number of rotatable bonds is 5. The first-order valence-electron chi connectivity index (χ1n) is 6.86. The largest absolute Gasteiger partial charge is 0.379 e. The monoisotopic (exact) mass is 283 g/mol.